The number of carbonyl (C=O) groups excluding carboxylic acids is 1. The highest BCUT2D eigenvalue weighted by molar-refractivity contribution is 7.99. The third-order valence-corrected chi connectivity index (χ3v) is 3.88. The summed E-state index contributed by atoms with van der Waals surface area (Å²) in [5.74, 6) is -0.464. The molecule has 2 atom stereocenters. The molecular weight excluding hydrogens is 288 g/mol. The molecule has 112 valence electrons. The molecule has 0 radical (unpaired) electrons. The number of hydrogen-bond acceptors (Lipinski definition) is 4. The number of aliphatic hydroxyl groups excluding tert-OH is 1. The Labute approximate surface area is 120 Å². The van der Waals surface area contributed by atoms with E-state index in [1.165, 1.54) is 36.0 Å². The van der Waals surface area contributed by atoms with Crippen molar-refractivity contribution in [2.24, 2.45) is 0 Å². The van der Waals surface area contributed by atoms with Crippen LogP contribution in [0.15, 0.2) is 24.3 Å². The average Bonchev–Trinajstić information content (AvgIpc) is 2.39. The molecule has 0 aliphatic rings. The van der Waals surface area contributed by atoms with E-state index in [1.807, 2.05) is 6.26 Å². The highest BCUT2D eigenvalue weighted by Gasteiger charge is 2.18. The lowest BCUT2D eigenvalue weighted by atomic mass is 10.1. The molecule has 0 aliphatic heterocycles. The van der Waals surface area contributed by atoms with Crippen LogP contribution in [0.25, 0.3) is 0 Å². The molecule has 2 unspecified atom stereocenters. The monoisotopic (exact) mass is 305 g/mol. The van der Waals surface area contributed by atoms with Crippen LogP contribution >= 0.6 is 11.8 Å². The summed E-state index contributed by atoms with van der Waals surface area (Å²) < 4.78 is 28.5. The van der Waals surface area contributed by atoms with E-state index in [9.17, 15) is 13.6 Å². The van der Waals surface area contributed by atoms with Crippen molar-refractivity contribution in [3.8, 4) is 5.75 Å². The number of alkyl halides is 2. The molecule has 0 fully saturated rings. The number of halogens is 2. The molecule has 0 saturated heterocycles. The second-order valence-electron chi connectivity index (χ2n) is 4.13. The fraction of sp³-hybridized carbons (Fsp3) is 0.462. The SMILES string of the molecule is CSC(CO)C(C)NC(=O)c1cccc(OC(F)F)c1. The van der Waals surface area contributed by atoms with Gasteiger partial charge in [0.25, 0.3) is 5.91 Å². The van der Waals surface area contributed by atoms with Gasteiger partial charge in [-0.05, 0) is 31.4 Å². The molecule has 2 N–H and O–H groups in total. The molecule has 0 heterocycles. The predicted molar refractivity (Wildman–Crippen MR) is 74.4 cm³/mol. The zero-order valence-electron chi connectivity index (χ0n) is 11.2. The summed E-state index contributed by atoms with van der Waals surface area (Å²) in [6.45, 7) is -1.21. The summed E-state index contributed by atoms with van der Waals surface area (Å²) in [6.07, 6.45) is 1.83. The molecule has 0 saturated carbocycles. The Hall–Kier alpha value is -1.34. The first kappa shape index (κ1) is 16.7. The van der Waals surface area contributed by atoms with Gasteiger partial charge >= 0.3 is 6.61 Å². The Balaban J connectivity index is 2.72. The van der Waals surface area contributed by atoms with Crippen LogP contribution in [0.1, 0.15) is 17.3 Å². The minimum Gasteiger partial charge on any atom is -0.435 e. The Kier molecular flexibility index (Phi) is 6.74. The third-order valence-electron chi connectivity index (χ3n) is 2.72. The Bertz CT molecular complexity index is 441. The smallest absolute Gasteiger partial charge is 0.387 e. The molecule has 0 aromatic heterocycles. The number of hydrogen-bond donors (Lipinski definition) is 2. The van der Waals surface area contributed by atoms with Crippen molar-refractivity contribution in [2.75, 3.05) is 12.9 Å². The van der Waals surface area contributed by atoms with Crippen LogP contribution < -0.4 is 10.1 Å². The van der Waals surface area contributed by atoms with Crippen LogP contribution in [0.3, 0.4) is 0 Å². The minimum atomic E-state index is -2.93. The number of ether oxygens (including phenoxy) is 1. The topological polar surface area (TPSA) is 58.6 Å². The first-order chi connectivity index (χ1) is 9.47. The van der Waals surface area contributed by atoms with E-state index in [4.69, 9.17) is 5.11 Å². The van der Waals surface area contributed by atoms with Crippen molar-refractivity contribution in [1.82, 2.24) is 5.32 Å². The van der Waals surface area contributed by atoms with Gasteiger partial charge in [0, 0.05) is 16.9 Å². The average molecular weight is 305 g/mol. The molecule has 1 aromatic carbocycles. The second kappa shape index (κ2) is 8.06. The van der Waals surface area contributed by atoms with Crippen LogP contribution in [0.4, 0.5) is 8.78 Å². The van der Waals surface area contributed by atoms with E-state index in [2.05, 4.69) is 10.1 Å². The number of aliphatic hydroxyl groups is 1. The fourth-order valence-electron chi connectivity index (χ4n) is 1.63. The van der Waals surface area contributed by atoms with Crippen LogP contribution in [-0.2, 0) is 0 Å². The Morgan fingerprint density at radius 2 is 2.20 bits per heavy atom. The number of thioether (sulfide) groups is 1. The van der Waals surface area contributed by atoms with Crippen molar-refractivity contribution >= 4 is 17.7 Å². The maximum atomic E-state index is 12.1. The lowest BCUT2D eigenvalue weighted by Gasteiger charge is -2.21. The van der Waals surface area contributed by atoms with Crippen LogP contribution in [0, 0.1) is 0 Å². The lowest BCUT2D eigenvalue weighted by molar-refractivity contribution is -0.0498. The molecule has 7 heteroatoms. The molecule has 20 heavy (non-hydrogen) atoms. The highest BCUT2D eigenvalue weighted by atomic mass is 32.2. The quantitative estimate of drug-likeness (QED) is 0.810. The maximum absolute atomic E-state index is 12.1. The largest absolute Gasteiger partial charge is 0.435 e. The normalized spacial score (nSPS) is 13.9. The number of amides is 1. The highest BCUT2D eigenvalue weighted by Crippen LogP contribution is 2.17. The molecular formula is C13H17F2NO3S. The maximum Gasteiger partial charge on any atom is 0.387 e. The van der Waals surface area contributed by atoms with Gasteiger partial charge in [-0.1, -0.05) is 6.07 Å². The first-order valence-electron chi connectivity index (χ1n) is 5.97. The van der Waals surface area contributed by atoms with Crippen molar-refractivity contribution in [3.63, 3.8) is 0 Å². The summed E-state index contributed by atoms with van der Waals surface area (Å²) in [6, 6.07) is 5.33. The predicted octanol–water partition coefficient (Wildman–Crippen LogP) is 2.13. The summed E-state index contributed by atoms with van der Waals surface area (Å²) >= 11 is 1.44. The number of carbonyl (C=O) groups is 1. The van der Waals surface area contributed by atoms with Crippen molar-refractivity contribution in [2.45, 2.75) is 24.8 Å². The molecule has 1 aromatic rings. The zero-order chi connectivity index (χ0) is 15.1. The van der Waals surface area contributed by atoms with E-state index < -0.39 is 12.5 Å². The molecule has 0 spiro atoms. The van der Waals surface area contributed by atoms with Gasteiger partial charge in [-0.25, -0.2) is 0 Å². The minimum absolute atomic E-state index is 0.0584. The van der Waals surface area contributed by atoms with Gasteiger partial charge in [0.1, 0.15) is 5.75 Å². The van der Waals surface area contributed by atoms with E-state index >= 15 is 0 Å². The standard InChI is InChI=1S/C13H17F2NO3S/c1-8(11(7-17)20-2)16-12(18)9-4-3-5-10(6-9)19-13(14)15/h3-6,8,11,13,17H,7H2,1-2H3,(H,16,18). The number of rotatable bonds is 7. The Morgan fingerprint density at radius 3 is 2.75 bits per heavy atom. The summed E-state index contributed by atoms with van der Waals surface area (Å²) in [5, 5.41) is 11.7. The van der Waals surface area contributed by atoms with Gasteiger partial charge in [-0.15, -0.1) is 0 Å². The van der Waals surface area contributed by atoms with Gasteiger partial charge in [0.2, 0.25) is 0 Å². The molecule has 1 rings (SSSR count). The Morgan fingerprint density at radius 1 is 1.50 bits per heavy atom. The van der Waals surface area contributed by atoms with Gasteiger partial charge in [-0.2, -0.15) is 20.5 Å². The second-order valence-corrected chi connectivity index (χ2v) is 5.20. The van der Waals surface area contributed by atoms with Crippen LogP contribution in [0.2, 0.25) is 0 Å². The molecule has 1 amide bonds. The first-order valence-corrected chi connectivity index (χ1v) is 7.26. The summed E-state index contributed by atoms with van der Waals surface area (Å²) in [5.41, 5.74) is 0.229. The van der Waals surface area contributed by atoms with E-state index in [1.54, 1.807) is 6.92 Å². The lowest BCUT2D eigenvalue weighted by Crippen LogP contribution is -2.41. The fourth-order valence-corrected chi connectivity index (χ4v) is 2.26. The van der Waals surface area contributed by atoms with Crippen molar-refractivity contribution in [3.05, 3.63) is 29.8 Å². The number of benzene rings is 1. The van der Waals surface area contributed by atoms with E-state index in [0.717, 1.165) is 0 Å². The van der Waals surface area contributed by atoms with E-state index in [0.29, 0.717) is 0 Å². The van der Waals surface area contributed by atoms with Crippen LogP contribution in [-0.4, -0.2) is 41.8 Å². The molecule has 0 bridgehead atoms. The summed E-state index contributed by atoms with van der Waals surface area (Å²) in [4.78, 5) is 12.0. The van der Waals surface area contributed by atoms with Gasteiger partial charge in [0.15, 0.2) is 0 Å². The van der Waals surface area contributed by atoms with Crippen molar-refractivity contribution < 1.29 is 23.4 Å². The van der Waals surface area contributed by atoms with Gasteiger partial charge < -0.3 is 15.2 Å². The third kappa shape index (κ3) is 4.97. The summed E-state index contributed by atoms with van der Waals surface area (Å²) in [7, 11) is 0. The van der Waals surface area contributed by atoms with E-state index in [-0.39, 0.29) is 29.2 Å². The van der Waals surface area contributed by atoms with Gasteiger partial charge in [-0.3, -0.25) is 4.79 Å². The zero-order valence-corrected chi connectivity index (χ0v) is 12.0. The number of nitrogens with one attached hydrogen (secondary N) is 1. The van der Waals surface area contributed by atoms with Gasteiger partial charge in [0.05, 0.1) is 6.61 Å². The van der Waals surface area contributed by atoms with Crippen molar-refractivity contribution in [1.29, 1.82) is 0 Å². The van der Waals surface area contributed by atoms with Crippen LogP contribution in [0.5, 0.6) is 5.75 Å². The molecule has 4 nitrogen and oxygen atoms in total. The molecule has 0 aliphatic carbocycles.